The Morgan fingerprint density at radius 3 is 2.59 bits per heavy atom. The van der Waals surface area contributed by atoms with Crippen molar-refractivity contribution in [3.8, 4) is 11.4 Å². The molecule has 1 heterocycles. The average Bonchev–Trinajstić information content (AvgIpc) is 3.27. The zero-order chi connectivity index (χ0) is 20.8. The summed E-state index contributed by atoms with van der Waals surface area (Å²) in [5, 5.41) is 20.1. The molecule has 11 nitrogen and oxygen atoms in total. The number of nitro groups is 1. The molecular weight excluding hydrogens is 380 g/mol. The lowest BCUT2D eigenvalue weighted by molar-refractivity contribution is -0.385. The third kappa shape index (κ3) is 4.71. The van der Waals surface area contributed by atoms with Crippen LogP contribution in [0.5, 0.6) is 5.75 Å². The second-order valence-corrected chi connectivity index (χ2v) is 5.76. The molecule has 0 fully saturated rings. The lowest BCUT2D eigenvalue weighted by Gasteiger charge is -2.08. The number of amides is 2. The largest absolute Gasteiger partial charge is 0.490 e. The van der Waals surface area contributed by atoms with Gasteiger partial charge in [0.2, 0.25) is 5.91 Å². The van der Waals surface area contributed by atoms with Crippen molar-refractivity contribution in [1.29, 1.82) is 0 Å². The SMILES string of the molecule is COc1ccc(C(=O)NCC(=O)Nc2ccc(-n3cncn3)cc2)cc1[N+](=O)[O-]. The van der Waals surface area contributed by atoms with Crippen molar-refractivity contribution in [2.24, 2.45) is 0 Å². The molecule has 0 aliphatic heterocycles. The number of methoxy groups -OCH3 is 1. The number of rotatable bonds is 7. The van der Waals surface area contributed by atoms with Crippen LogP contribution in [0.2, 0.25) is 0 Å². The Morgan fingerprint density at radius 1 is 1.21 bits per heavy atom. The van der Waals surface area contributed by atoms with Crippen LogP contribution in [-0.2, 0) is 4.79 Å². The van der Waals surface area contributed by atoms with E-state index in [0.717, 1.165) is 11.8 Å². The molecule has 0 saturated carbocycles. The highest BCUT2D eigenvalue weighted by atomic mass is 16.6. The van der Waals surface area contributed by atoms with Gasteiger partial charge in [0.1, 0.15) is 12.7 Å². The zero-order valence-electron chi connectivity index (χ0n) is 15.2. The maximum atomic E-state index is 12.2. The molecule has 0 radical (unpaired) electrons. The smallest absolute Gasteiger partial charge is 0.311 e. The molecule has 0 aliphatic carbocycles. The number of aromatic nitrogens is 3. The summed E-state index contributed by atoms with van der Waals surface area (Å²) < 4.78 is 6.46. The normalized spacial score (nSPS) is 10.2. The van der Waals surface area contributed by atoms with Crippen LogP contribution in [0.1, 0.15) is 10.4 Å². The highest BCUT2D eigenvalue weighted by Gasteiger charge is 2.18. The summed E-state index contributed by atoms with van der Waals surface area (Å²) >= 11 is 0. The number of hydrogen-bond donors (Lipinski definition) is 2. The Labute approximate surface area is 164 Å². The highest BCUT2D eigenvalue weighted by Crippen LogP contribution is 2.27. The Bertz CT molecular complexity index is 1030. The van der Waals surface area contributed by atoms with E-state index in [9.17, 15) is 19.7 Å². The highest BCUT2D eigenvalue weighted by molar-refractivity contribution is 5.99. The third-order valence-corrected chi connectivity index (χ3v) is 3.88. The maximum Gasteiger partial charge on any atom is 0.311 e. The molecule has 2 aromatic carbocycles. The van der Waals surface area contributed by atoms with E-state index in [2.05, 4.69) is 20.7 Å². The molecule has 3 aromatic rings. The van der Waals surface area contributed by atoms with Gasteiger partial charge < -0.3 is 15.4 Å². The molecule has 0 unspecified atom stereocenters. The number of anilines is 1. The fourth-order valence-corrected chi connectivity index (χ4v) is 2.48. The molecule has 29 heavy (non-hydrogen) atoms. The average molecular weight is 396 g/mol. The molecule has 0 bridgehead atoms. The minimum absolute atomic E-state index is 0.0404. The van der Waals surface area contributed by atoms with E-state index < -0.39 is 16.7 Å². The Morgan fingerprint density at radius 2 is 1.97 bits per heavy atom. The minimum Gasteiger partial charge on any atom is -0.490 e. The predicted octanol–water partition coefficient (Wildman–Crippen LogP) is 1.55. The standard InChI is InChI=1S/C18H16N6O5/c1-29-16-7-2-12(8-15(16)24(27)28)18(26)20-9-17(25)22-13-3-5-14(6-4-13)23-11-19-10-21-23/h2-8,10-11H,9H2,1H3,(H,20,26)(H,22,25). The van der Waals surface area contributed by atoms with E-state index in [0.29, 0.717) is 5.69 Å². The molecule has 2 amide bonds. The second kappa shape index (κ2) is 8.61. The van der Waals surface area contributed by atoms with Gasteiger partial charge in [-0.1, -0.05) is 0 Å². The van der Waals surface area contributed by atoms with E-state index in [1.54, 1.807) is 35.3 Å². The molecule has 11 heteroatoms. The van der Waals surface area contributed by atoms with E-state index in [4.69, 9.17) is 4.74 Å². The van der Waals surface area contributed by atoms with Gasteiger partial charge >= 0.3 is 5.69 Å². The first kappa shape index (κ1) is 19.5. The van der Waals surface area contributed by atoms with Crippen LogP contribution in [0, 0.1) is 10.1 Å². The van der Waals surface area contributed by atoms with Gasteiger partial charge in [-0.2, -0.15) is 5.10 Å². The number of ether oxygens (including phenoxy) is 1. The first-order valence-corrected chi connectivity index (χ1v) is 8.33. The Hall–Kier alpha value is -4.28. The monoisotopic (exact) mass is 396 g/mol. The predicted molar refractivity (Wildman–Crippen MR) is 102 cm³/mol. The minimum atomic E-state index is -0.648. The molecule has 0 saturated heterocycles. The fourth-order valence-electron chi connectivity index (χ4n) is 2.48. The number of nitrogens with zero attached hydrogens (tertiary/aromatic N) is 4. The van der Waals surface area contributed by atoms with Crippen LogP contribution >= 0.6 is 0 Å². The molecule has 3 rings (SSSR count). The van der Waals surface area contributed by atoms with E-state index in [1.807, 2.05) is 0 Å². The fraction of sp³-hybridized carbons (Fsp3) is 0.111. The molecule has 0 spiro atoms. The van der Waals surface area contributed by atoms with Crippen molar-refractivity contribution in [3.63, 3.8) is 0 Å². The van der Waals surface area contributed by atoms with Crippen LogP contribution < -0.4 is 15.4 Å². The number of nitrogens with one attached hydrogen (secondary N) is 2. The van der Waals surface area contributed by atoms with Gasteiger partial charge in [0.25, 0.3) is 5.91 Å². The van der Waals surface area contributed by atoms with Gasteiger partial charge in [0, 0.05) is 17.3 Å². The van der Waals surface area contributed by atoms with Crippen molar-refractivity contribution in [2.75, 3.05) is 19.0 Å². The van der Waals surface area contributed by atoms with Crippen molar-refractivity contribution in [3.05, 3.63) is 70.8 Å². The van der Waals surface area contributed by atoms with Crippen LogP contribution in [0.3, 0.4) is 0 Å². The summed E-state index contributed by atoms with van der Waals surface area (Å²) in [6.07, 6.45) is 2.96. The summed E-state index contributed by atoms with van der Waals surface area (Å²) in [7, 11) is 1.30. The molecule has 0 aliphatic rings. The van der Waals surface area contributed by atoms with E-state index >= 15 is 0 Å². The molecule has 0 atom stereocenters. The quantitative estimate of drug-likeness (QED) is 0.456. The number of hydrogen-bond acceptors (Lipinski definition) is 7. The first-order valence-electron chi connectivity index (χ1n) is 8.33. The summed E-state index contributed by atoms with van der Waals surface area (Å²) in [6, 6.07) is 10.7. The molecule has 148 valence electrons. The van der Waals surface area contributed by atoms with Crippen molar-refractivity contribution in [2.45, 2.75) is 0 Å². The molecule has 2 N–H and O–H groups in total. The van der Waals surface area contributed by atoms with Gasteiger partial charge in [-0.15, -0.1) is 0 Å². The number of carbonyl (C=O) groups is 2. The third-order valence-electron chi connectivity index (χ3n) is 3.88. The van der Waals surface area contributed by atoms with Crippen molar-refractivity contribution >= 4 is 23.2 Å². The van der Waals surface area contributed by atoms with E-state index in [1.165, 1.54) is 25.6 Å². The van der Waals surface area contributed by atoms with Crippen LogP contribution in [-0.4, -0.2) is 45.2 Å². The second-order valence-electron chi connectivity index (χ2n) is 5.76. The number of benzene rings is 2. The summed E-state index contributed by atoms with van der Waals surface area (Å²) in [5.41, 5.74) is 1.02. The van der Waals surface area contributed by atoms with Crippen molar-refractivity contribution < 1.29 is 19.2 Å². The topological polar surface area (TPSA) is 141 Å². The van der Waals surface area contributed by atoms with Gasteiger partial charge in [-0.05, 0) is 36.4 Å². The molecular formula is C18H16N6O5. The zero-order valence-corrected chi connectivity index (χ0v) is 15.2. The maximum absolute atomic E-state index is 12.2. The Balaban J connectivity index is 1.57. The number of carbonyl (C=O) groups excluding carboxylic acids is 2. The van der Waals surface area contributed by atoms with Crippen LogP contribution in [0.25, 0.3) is 5.69 Å². The molecule has 1 aromatic heterocycles. The summed E-state index contributed by atoms with van der Waals surface area (Å²) in [5.74, 6) is -1.03. The van der Waals surface area contributed by atoms with E-state index in [-0.39, 0.29) is 23.5 Å². The lowest BCUT2D eigenvalue weighted by Crippen LogP contribution is -2.32. The number of nitro benzene ring substituents is 1. The van der Waals surface area contributed by atoms with Gasteiger partial charge in [0.15, 0.2) is 5.75 Å². The lowest BCUT2D eigenvalue weighted by atomic mass is 10.1. The van der Waals surface area contributed by atoms with Gasteiger partial charge in [-0.3, -0.25) is 19.7 Å². The first-order chi connectivity index (χ1) is 14.0. The van der Waals surface area contributed by atoms with Gasteiger partial charge in [-0.25, -0.2) is 9.67 Å². The van der Waals surface area contributed by atoms with Crippen molar-refractivity contribution in [1.82, 2.24) is 20.1 Å². The van der Waals surface area contributed by atoms with Gasteiger partial charge in [0.05, 0.1) is 24.3 Å². The van der Waals surface area contributed by atoms with Crippen LogP contribution in [0.15, 0.2) is 55.1 Å². The summed E-state index contributed by atoms with van der Waals surface area (Å²) in [4.78, 5) is 38.5. The van der Waals surface area contributed by atoms with Crippen LogP contribution in [0.4, 0.5) is 11.4 Å². The Kier molecular flexibility index (Phi) is 5.78. The summed E-state index contributed by atoms with van der Waals surface area (Å²) in [6.45, 7) is -0.302.